The van der Waals surface area contributed by atoms with Crippen molar-refractivity contribution in [3.63, 3.8) is 0 Å². The monoisotopic (exact) mass is 299 g/mol. The van der Waals surface area contributed by atoms with Gasteiger partial charge in [0.25, 0.3) is 0 Å². The number of rotatable bonds is 2. The van der Waals surface area contributed by atoms with Gasteiger partial charge in [-0.15, -0.1) is 0 Å². The summed E-state index contributed by atoms with van der Waals surface area (Å²) in [6.07, 6.45) is 4.39. The minimum absolute atomic E-state index is 0.124. The Balaban J connectivity index is 1.75. The van der Waals surface area contributed by atoms with Crippen LogP contribution in [0.3, 0.4) is 0 Å². The van der Waals surface area contributed by atoms with Gasteiger partial charge in [0.2, 0.25) is 5.88 Å². The van der Waals surface area contributed by atoms with Gasteiger partial charge in [-0.1, -0.05) is 0 Å². The van der Waals surface area contributed by atoms with Gasteiger partial charge in [-0.2, -0.15) is 0 Å². The first-order chi connectivity index (χ1) is 10.7. The molecule has 112 valence electrons. The van der Waals surface area contributed by atoms with E-state index in [1.807, 2.05) is 12.1 Å². The number of pyridine rings is 2. The van der Waals surface area contributed by atoms with Crippen molar-refractivity contribution in [2.75, 3.05) is 11.4 Å². The van der Waals surface area contributed by atoms with Crippen molar-refractivity contribution < 1.29 is 9.50 Å². The Morgan fingerprint density at radius 3 is 3.14 bits per heavy atom. The molecule has 3 aromatic rings. The van der Waals surface area contributed by atoms with Gasteiger partial charge in [0, 0.05) is 12.1 Å². The Labute approximate surface area is 125 Å². The number of halogens is 1. The number of nitrogens with zero attached hydrogens (tertiary/aromatic N) is 4. The minimum atomic E-state index is -0.448. The van der Waals surface area contributed by atoms with Crippen LogP contribution in [0.25, 0.3) is 11.2 Å². The summed E-state index contributed by atoms with van der Waals surface area (Å²) >= 11 is 0. The Bertz CT molecular complexity index is 834. The fraction of sp³-hybridized carbons (Fsp3) is 0.267. The fourth-order valence-electron chi connectivity index (χ4n) is 3.03. The Morgan fingerprint density at radius 2 is 2.23 bits per heavy atom. The summed E-state index contributed by atoms with van der Waals surface area (Å²) in [5, 5.41) is 9.96. The predicted molar refractivity (Wildman–Crippen MR) is 79.1 cm³/mol. The van der Waals surface area contributed by atoms with E-state index in [1.165, 1.54) is 6.07 Å². The van der Waals surface area contributed by atoms with Crippen molar-refractivity contribution in [2.45, 2.75) is 18.9 Å². The third-order valence-corrected chi connectivity index (χ3v) is 4.03. The van der Waals surface area contributed by atoms with Crippen LogP contribution in [0.5, 0.6) is 5.88 Å². The highest BCUT2D eigenvalue weighted by Gasteiger charge is 2.30. The van der Waals surface area contributed by atoms with E-state index in [0.717, 1.165) is 36.9 Å². The number of nitrogens with one attached hydrogen (secondary N) is 1. The molecule has 4 heterocycles. The zero-order chi connectivity index (χ0) is 15.1. The van der Waals surface area contributed by atoms with Gasteiger partial charge in [0.1, 0.15) is 17.2 Å². The second kappa shape index (κ2) is 4.94. The molecule has 1 aliphatic heterocycles. The molecule has 0 bridgehead atoms. The maximum absolute atomic E-state index is 13.5. The second-order valence-electron chi connectivity index (χ2n) is 5.36. The predicted octanol–water partition coefficient (Wildman–Crippen LogP) is 2.54. The second-order valence-corrected chi connectivity index (χ2v) is 5.36. The zero-order valence-corrected chi connectivity index (χ0v) is 11.7. The zero-order valence-electron chi connectivity index (χ0n) is 11.7. The lowest BCUT2D eigenvalue weighted by Gasteiger charge is -2.26. The molecule has 7 heteroatoms. The molecular formula is C15H14FN5O. The Hall–Kier alpha value is -2.70. The largest absolute Gasteiger partial charge is 0.493 e. The van der Waals surface area contributed by atoms with Gasteiger partial charge in [-0.05, 0) is 31.0 Å². The number of hydrogen-bond acceptors (Lipinski definition) is 5. The summed E-state index contributed by atoms with van der Waals surface area (Å²) in [5.41, 5.74) is 2.02. The van der Waals surface area contributed by atoms with Crippen molar-refractivity contribution >= 4 is 17.0 Å². The molecule has 3 aromatic heterocycles. The number of anilines is 1. The molecule has 4 rings (SSSR count). The summed E-state index contributed by atoms with van der Waals surface area (Å²) < 4.78 is 13.5. The average Bonchev–Trinajstić information content (AvgIpc) is 3.17. The topological polar surface area (TPSA) is 77.9 Å². The van der Waals surface area contributed by atoms with Crippen molar-refractivity contribution in [2.24, 2.45) is 0 Å². The summed E-state index contributed by atoms with van der Waals surface area (Å²) in [6.45, 7) is 0.799. The SMILES string of the molecule is Oc1ncc(F)cc1[C@H]1CCCN1c1ccc2nc[nH]c2n1. The van der Waals surface area contributed by atoms with E-state index in [0.29, 0.717) is 11.2 Å². The third kappa shape index (κ3) is 2.05. The molecule has 0 saturated carbocycles. The van der Waals surface area contributed by atoms with Gasteiger partial charge in [0.05, 0.1) is 18.6 Å². The average molecular weight is 299 g/mol. The van der Waals surface area contributed by atoms with E-state index in [4.69, 9.17) is 0 Å². The summed E-state index contributed by atoms with van der Waals surface area (Å²) in [4.78, 5) is 17.5. The molecule has 1 atom stereocenters. The number of aromatic nitrogens is 4. The first kappa shape index (κ1) is 13.0. The Morgan fingerprint density at radius 1 is 1.32 bits per heavy atom. The maximum Gasteiger partial charge on any atom is 0.216 e. The molecular weight excluding hydrogens is 285 g/mol. The van der Waals surface area contributed by atoms with Crippen LogP contribution in [-0.4, -0.2) is 31.6 Å². The molecule has 0 radical (unpaired) electrons. The molecule has 6 nitrogen and oxygen atoms in total. The first-order valence-corrected chi connectivity index (χ1v) is 7.13. The van der Waals surface area contributed by atoms with Crippen LogP contribution in [0.15, 0.2) is 30.7 Å². The van der Waals surface area contributed by atoms with Crippen LogP contribution in [-0.2, 0) is 0 Å². The fourth-order valence-corrected chi connectivity index (χ4v) is 3.03. The van der Waals surface area contributed by atoms with E-state index < -0.39 is 5.82 Å². The molecule has 1 aliphatic rings. The van der Waals surface area contributed by atoms with Crippen molar-refractivity contribution in [1.82, 2.24) is 19.9 Å². The highest BCUT2D eigenvalue weighted by atomic mass is 19.1. The van der Waals surface area contributed by atoms with Crippen molar-refractivity contribution in [1.29, 1.82) is 0 Å². The van der Waals surface area contributed by atoms with Gasteiger partial charge in [0.15, 0.2) is 5.65 Å². The van der Waals surface area contributed by atoms with Crippen LogP contribution < -0.4 is 4.90 Å². The quantitative estimate of drug-likeness (QED) is 0.760. The maximum atomic E-state index is 13.5. The Kier molecular flexibility index (Phi) is 2.92. The van der Waals surface area contributed by atoms with Gasteiger partial charge >= 0.3 is 0 Å². The van der Waals surface area contributed by atoms with Crippen molar-refractivity contribution in [3.05, 3.63) is 42.1 Å². The minimum Gasteiger partial charge on any atom is -0.493 e. The van der Waals surface area contributed by atoms with Gasteiger partial charge in [-0.25, -0.2) is 19.3 Å². The van der Waals surface area contributed by atoms with E-state index >= 15 is 0 Å². The van der Waals surface area contributed by atoms with E-state index in [1.54, 1.807) is 6.33 Å². The molecule has 0 amide bonds. The summed E-state index contributed by atoms with van der Waals surface area (Å²) in [7, 11) is 0. The molecule has 0 aliphatic carbocycles. The molecule has 0 spiro atoms. The lowest BCUT2D eigenvalue weighted by molar-refractivity contribution is 0.434. The van der Waals surface area contributed by atoms with E-state index in [9.17, 15) is 9.50 Å². The van der Waals surface area contributed by atoms with Crippen LogP contribution >= 0.6 is 0 Å². The lowest BCUT2D eigenvalue weighted by Crippen LogP contribution is -2.23. The first-order valence-electron chi connectivity index (χ1n) is 7.13. The summed E-state index contributed by atoms with van der Waals surface area (Å²) in [5.74, 6) is 0.209. The van der Waals surface area contributed by atoms with Crippen LogP contribution in [0.2, 0.25) is 0 Å². The van der Waals surface area contributed by atoms with Crippen LogP contribution in [0, 0.1) is 5.82 Å². The normalized spacial score (nSPS) is 18.2. The number of aromatic hydroxyl groups is 1. The van der Waals surface area contributed by atoms with Crippen LogP contribution in [0.1, 0.15) is 24.4 Å². The number of H-pyrrole nitrogens is 1. The molecule has 22 heavy (non-hydrogen) atoms. The standard InChI is InChI=1S/C15H14FN5O/c16-9-6-10(15(22)17-7-9)12-2-1-5-21(12)13-4-3-11-14(20-13)19-8-18-11/h3-4,6-8,12H,1-2,5H2,(H,17,22)(H,18,19,20)/t12-/m1/s1. The van der Waals surface area contributed by atoms with Gasteiger partial charge < -0.3 is 15.0 Å². The molecule has 2 N–H and O–H groups in total. The highest BCUT2D eigenvalue weighted by molar-refractivity contribution is 5.72. The van der Waals surface area contributed by atoms with E-state index in [-0.39, 0.29) is 11.9 Å². The number of aromatic amines is 1. The molecule has 1 saturated heterocycles. The number of fused-ring (bicyclic) bond motifs is 1. The highest BCUT2D eigenvalue weighted by Crippen LogP contribution is 2.38. The molecule has 0 unspecified atom stereocenters. The van der Waals surface area contributed by atoms with Crippen molar-refractivity contribution in [3.8, 4) is 5.88 Å². The molecule has 1 fully saturated rings. The number of hydrogen-bond donors (Lipinski definition) is 2. The number of imidazole rings is 1. The van der Waals surface area contributed by atoms with E-state index in [2.05, 4.69) is 24.8 Å². The van der Waals surface area contributed by atoms with Crippen LogP contribution in [0.4, 0.5) is 10.2 Å². The smallest absolute Gasteiger partial charge is 0.216 e. The lowest BCUT2D eigenvalue weighted by atomic mass is 10.1. The summed E-state index contributed by atoms with van der Waals surface area (Å²) in [6, 6.07) is 5.01. The molecule has 0 aromatic carbocycles. The van der Waals surface area contributed by atoms with Gasteiger partial charge in [-0.3, -0.25) is 0 Å². The third-order valence-electron chi connectivity index (χ3n) is 4.03.